The molecule has 1 saturated heterocycles. The van der Waals surface area contributed by atoms with E-state index in [0.29, 0.717) is 23.8 Å². The van der Waals surface area contributed by atoms with Gasteiger partial charge in [0.25, 0.3) is 5.91 Å². The Bertz CT molecular complexity index is 459. The number of carbonyl (C=O) groups is 1. The average Bonchev–Trinajstić information content (AvgIpc) is 3.11. The van der Waals surface area contributed by atoms with Crippen molar-refractivity contribution in [3.05, 3.63) is 24.0 Å². The van der Waals surface area contributed by atoms with Crippen LogP contribution in [0.15, 0.2) is 18.3 Å². The smallest absolute Gasteiger partial charge is 0.267 e. The lowest BCUT2D eigenvalue weighted by Gasteiger charge is -2.20. The quantitative estimate of drug-likeness (QED) is 0.837. The molecule has 1 aliphatic heterocycles. The maximum absolute atomic E-state index is 11.1. The third-order valence-corrected chi connectivity index (χ3v) is 3.59. The number of nitrogens with one attached hydrogen (secondary N) is 1. The predicted molar refractivity (Wildman–Crippen MR) is 67.2 cm³/mol. The van der Waals surface area contributed by atoms with Crippen LogP contribution >= 0.6 is 0 Å². The number of primary amides is 1. The van der Waals surface area contributed by atoms with Crippen molar-refractivity contribution in [3.63, 3.8) is 0 Å². The fourth-order valence-electron chi connectivity index (χ4n) is 2.52. The van der Waals surface area contributed by atoms with Crippen LogP contribution in [0.5, 0.6) is 0 Å². The first-order valence-corrected chi connectivity index (χ1v) is 6.38. The van der Waals surface area contributed by atoms with Crippen LogP contribution < -0.4 is 11.1 Å². The Labute approximate surface area is 106 Å². The highest BCUT2D eigenvalue weighted by Crippen LogP contribution is 2.39. The minimum absolute atomic E-state index is 0.293. The van der Waals surface area contributed by atoms with E-state index < -0.39 is 5.91 Å². The van der Waals surface area contributed by atoms with Crippen LogP contribution in [0.25, 0.3) is 0 Å². The SMILES string of the molecule is NC(=O)c1cc(NC2CCOC2C2CC2)ccn1. The first-order valence-electron chi connectivity index (χ1n) is 6.38. The summed E-state index contributed by atoms with van der Waals surface area (Å²) in [5.41, 5.74) is 6.40. The Hall–Kier alpha value is -1.62. The first-order chi connectivity index (χ1) is 8.74. The minimum Gasteiger partial charge on any atom is -0.379 e. The second-order valence-corrected chi connectivity index (χ2v) is 5.01. The number of nitrogens with zero attached hydrogens (tertiary/aromatic N) is 1. The Balaban J connectivity index is 1.71. The number of hydrogen-bond acceptors (Lipinski definition) is 4. The summed E-state index contributed by atoms with van der Waals surface area (Å²) in [4.78, 5) is 15.0. The molecule has 2 atom stereocenters. The summed E-state index contributed by atoms with van der Waals surface area (Å²) in [6.45, 7) is 0.812. The van der Waals surface area contributed by atoms with E-state index in [4.69, 9.17) is 10.5 Å². The van der Waals surface area contributed by atoms with Gasteiger partial charge in [0.15, 0.2) is 0 Å². The molecule has 3 rings (SSSR count). The van der Waals surface area contributed by atoms with Gasteiger partial charge in [-0.15, -0.1) is 0 Å². The van der Waals surface area contributed by atoms with Crippen molar-refractivity contribution in [2.24, 2.45) is 11.7 Å². The molecule has 1 aliphatic carbocycles. The number of ether oxygens (including phenoxy) is 1. The predicted octanol–water partition coefficient (Wildman–Crippen LogP) is 1.16. The zero-order valence-corrected chi connectivity index (χ0v) is 10.1. The summed E-state index contributed by atoms with van der Waals surface area (Å²) in [5, 5.41) is 3.43. The molecule has 0 spiro atoms. The van der Waals surface area contributed by atoms with E-state index in [9.17, 15) is 4.79 Å². The topological polar surface area (TPSA) is 77.2 Å². The van der Waals surface area contributed by atoms with E-state index in [0.717, 1.165) is 18.7 Å². The largest absolute Gasteiger partial charge is 0.379 e. The monoisotopic (exact) mass is 247 g/mol. The first kappa shape index (κ1) is 11.5. The van der Waals surface area contributed by atoms with Crippen LogP contribution in [-0.4, -0.2) is 29.6 Å². The molecule has 1 aromatic rings. The third-order valence-electron chi connectivity index (χ3n) is 3.59. The molecule has 18 heavy (non-hydrogen) atoms. The van der Waals surface area contributed by atoms with Gasteiger partial charge in [-0.25, -0.2) is 0 Å². The summed E-state index contributed by atoms with van der Waals surface area (Å²) in [6.07, 6.45) is 5.47. The summed E-state index contributed by atoms with van der Waals surface area (Å²) in [7, 11) is 0. The third kappa shape index (κ3) is 2.31. The Morgan fingerprint density at radius 3 is 3.00 bits per heavy atom. The molecule has 2 aliphatic rings. The molecule has 5 heteroatoms. The van der Waals surface area contributed by atoms with Crippen molar-refractivity contribution in [2.75, 3.05) is 11.9 Å². The molecule has 96 valence electrons. The zero-order chi connectivity index (χ0) is 12.5. The van der Waals surface area contributed by atoms with Crippen LogP contribution in [-0.2, 0) is 4.74 Å². The number of nitrogens with two attached hydrogens (primary N) is 1. The van der Waals surface area contributed by atoms with E-state index >= 15 is 0 Å². The Morgan fingerprint density at radius 1 is 1.44 bits per heavy atom. The standard InChI is InChI=1S/C13H17N3O2/c14-13(17)11-7-9(3-5-15-11)16-10-4-6-18-12(10)8-1-2-8/h3,5,7-8,10,12H,1-2,4,6H2,(H2,14,17)(H,15,16). The molecular weight excluding hydrogens is 230 g/mol. The van der Waals surface area contributed by atoms with Crippen molar-refractivity contribution in [1.82, 2.24) is 4.98 Å². The second kappa shape index (κ2) is 4.57. The molecule has 2 unspecified atom stereocenters. The van der Waals surface area contributed by atoms with E-state index in [-0.39, 0.29) is 0 Å². The molecule has 3 N–H and O–H groups in total. The van der Waals surface area contributed by atoms with E-state index in [2.05, 4.69) is 10.3 Å². The number of carbonyl (C=O) groups excluding carboxylic acids is 1. The van der Waals surface area contributed by atoms with Crippen molar-refractivity contribution < 1.29 is 9.53 Å². The number of rotatable bonds is 4. The van der Waals surface area contributed by atoms with E-state index in [1.165, 1.54) is 12.8 Å². The molecule has 5 nitrogen and oxygen atoms in total. The van der Waals surface area contributed by atoms with Crippen LogP contribution in [0.3, 0.4) is 0 Å². The van der Waals surface area contributed by atoms with Gasteiger partial charge in [0.2, 0.25) is 0 Å². The van der Waals surface area contributed by atoms with Gasteiger partial charge in [0.1, 0.15) is 5.69 Å². The molecule has 2 fully saturated rings. The van der Waals surface area contributed by atoms with Gasteiger partial charge < -0.3 is 15.8 Å². The molecule has 0 aromatic carbocycles. The zero-order valence-electron chi connectivity index (χ0n) is 10.1. The summed E-state index contributed by atoms with van der Waals surface area (Å²) in [6, 6.07) is 3.89. The number of aromatic nitrogens is 1. The van der Waals surface area contributed by atoms with E-state index in [1.54, 1.807) is 12.3 Å². The lowest BCUT2D eigenvalue weighted by Crippen LogP contribution is -2.31. The van der Waals surface area contributed by atoms with Gasteiger partial charge in [0.05, 0.1) is 12.1 Å². The van der Waals surface area contributed by atoms with Gasteiger partial charge in [-0.05, 0) is 37.3 Å². The van der Waals surface area contributed by atoms with Gasteiger partial charge in [-0.3, -0.25) is 9.78 Å². The van der Waals surface area contributed by atoms with Crippen molar-refractivity contribution in [3.8, 4) is 0 Å². The van der Waals surface area contributed by atoms with Crippen molar-refractivity contribution in [1.29, 1.82) is 0 Å². The van der Waals surface area contributed by atoms with Crippen LogP contribution in [0.2, 0.25) is 0 Å². The molecule has 2 heterocycles. The highest BCUT2D eigenvalue weighted by atomic mass is 16.5. The molecule has 0 radical (unpaired) electrons. The number of anilines is 1. The fraction of sp³-hybridized carbons (Fsp3) is 0.538. The van der Waals surface area contributed by atoms with Crippen molar-refractivity contribution >= 4 is 11.6 Å². The lowest BCUT2D eigenvalue weighted by atomic mass is 10.1. The Kier molecular flexibility index (Phi) is 2.91. The number of hydrogen-bond donors (Lipinski definition) is 2. The lowest BCUT2D eigenvalue weighted by molar-refractivity contribution is 0.0898. The molecule has 1 saturated carbocycles. The van der Waals surface area contributed by atoms with E-state index in [1.807, 2.05) is 6.07 Å². The molecule has 1 aromatic heterocycles. The average molecular weight is 247 g/mol. The number of amides is 1. The van der Waals surface area contributed by atoms with Crippen LogP contribution in [0.4, 0.5) is 5.69 Å². The molecule has 1 amide bonds. The summed E-state index contributed by atoms with van der Waals surface area (Å²) in [5.74, 6) is 0.211. The fourth-order valence-corrected chi connectivity index (χ4v) is 2.52. The highest BCUT2D eigenvalue weighted by molar-refractivity contribution is 5.91. The summed E-state index contributed by atoms with van der Waals surface area (Å²) >= 11 is 0. The maximum atomic E-state index is 11.1. The van der Waals surface area contributed by atoms with Crippen molar-refractivity contribution in [2.45, 2.75) is 31.4 Å². The number of pyridine rings is 1. The normalized spacial score (nSPS) is 27.1. The van der Waals surface area contributed by atoms with Crippen LogP contribution in [0, 0.1) is 5.92 Å². The molecule has 0 bridgehead atoms. The molecular formula is C13H17N3O2. The Morgan fingerprint density at radius 2 is 2.28 bits per heavy atom. The van der Waals surface area contributed by atoms with Gasteiger partial charge >= 0.3 is 0 Å². The van der Waals surface area contributed by atoms with Gasteiger partial charge in [-0.2, -0.15) is 0 Å². The summed E-state index contributed by atoms with van der Waals surface area (Å²) < 4.78 is 5.77. The van der Waals surface area contributed by atoms with Gasteiger partial charge in [0, 0.05) is 18.5 Å². The van der Waals surface area contributed by atoms with Gasteiger partial charge in [-0.1, -0.05) is 0 Å². The van der Waals surface area contributed by atoms with Crippen LogP contribution in [0.1, 0.15) is 29.8 Å². The highest BCUT2D eigenvalue weighted by Gasteiger charge is 2.40. The second-order valence-electron chi connectivity index (χ2n) is 5.01. The maximum Gasteiger partial charge on any atom is 0.267 e. The minimum atomic E-state index is -0.500.